The molecule has 1 heterocycles. The standard InChI is InChI=1S/C24H21N3O4/c1-29-17-13-11-16(12-14-17)15-22(28)25-20-9-5-3-7-18(20)24-26-23(27-31-24)19-8-4-6-10-21(19)30-2/h3-14H,15H2,1-2H3,(H,25,28). The Kier molecular flexibility index (Phi) is 5.93. The van der Waals surface area contributed by atoms with Crippen molar-refractivity contribution in [3.05, 3.63) is 78.4 Å². The van der Waals surface area contributed by atoms with Crippen molar-refractivity contribution < 1.29 is 18.8 Å². The van der Waals surface area contributed by atoms with Crippen molar-refractivity contribution in [3.63, 3.8) is 0 Å². The Balaban J connectivity index is 1.55. The SMILES string of the molecule is COc1ccc(CC(=O)Nc2ccccc2-c2nc(-c3ccccc3OC)no2)cc1. The van der Waals surface area contributed by atoms with Crippen LogP contribution in [0.3, 0.4) is 0 Å². The Bertz CT molecular complexity index is 1190. The molecule has 0 aliphatic heterocycles. The van der Waals surface area contributed by atoms with Gasteiger partial charge in [-0.25, -0.2) is 0 Å². The Morgan fingerprint density at radius 1 is 0.903 bits per heavy atom. The summed E-state index contributed by atoms with van der Waals surface area (Å²) < 4.78 is 16.0. The molecular weight excluding hydrogens is 394 g/mol. The van der Waals surface area contributed by atoms with Crippen LogP contribution in [0.4, 0.5) is 5.69 Å². The summed E-state index contributed by atoms with van der Waals surface area (Å²) in [7, 11) is 3.20. The van der Waals surface area contributed by atoms with Gasteiger partial charge in [0.25, 0.3) is 5.89 Å². The van der Waals surface area contributed by atoms with E-state index in [2.05, 4.69) is 15.5 Å². The Morgan fingerprint density at radius 2 is 1.61 bits per heavy atom. The van der Waals surface area contributed by atoms with Gasteiger partial charge in [0, 0.05) is 0 Å². The molecule has 156 valence electrons. The summed E-state index contributed by atoms with van der Waals surface area (Å²) in [6.45, 7) is 0. The van der Waals surface area contributed by atoms with Crippen LogP contribution in [0, 0.1) is 0 Å². The average Bonchev–Trinajstić information content (AvgIpc) is 3.30. The van der Waals surface area contributed by atoms with Gasteiger partial charge in [-0.15, -0.1) is 0 Å². The van der Waals surface area contributed by atoms with E-state index in [-0.39, 0.29) is 12.3 Å². The number of anilines is 1. The third-order valence-electron chi connectivity index (χ3n) is 4.73. The van der Waals surface area contributed by atoms with Crippen LogP contribution < -0.4 is 14.8 Å². The summed E-state index contributed by atoms with van der Waals surface area (Å²) >= 11 is 0. The van der Waals surface area contributed by atoms with E-state index in [1.807, 2.05) is 66.7 Å². The van der Waals surface area contributed by atoms with Gasteiger partial charge in [-0.3, -0.25) is 4.79 Å². The molecule has 0 fully saturated rings. The molecule has 1 amide bonds. The number of nitrogens with one attached hydrogen (secondary N) is 1. The van der Waals surface area contributed by atoms with Crippen LogP contribution in [0.2, 0.25) is 0 Å². The number of benzene rings is 3. The number of ether oxygens (including phenoxy) is 2. The minimum atomic E-state index is -0.151. The van der Waals surface area contributed by atoms with E-state index in [9.17, 15) is 4.79 Å². The summed E-state index contributed by atoms with van der Waals surface area (Å²) in [6, 6.07) is 22.1. The Hall–Kier alpha value is -4.13. The molecule has 0 bridgehead atoms. The van der Waals surface area contributed by atoms with Crippen LogP contribution in [-0.4, -0.2) is 30.3 Å². The molecule has 1 aromatic heterocycles. The van der Waals surface area contributed by atoms with Gasteiger partial charge in [-0.2, -0.15) is 4.98 Å². The normalized spacial score (nSPS) is 10.5. The molecule has 1 N–H and O–H groups in total. The molecule has 31 heavy (non-hydrogen) atoms. The minimum Gasteiger partial charge on any atom is -0.497 e. The molecule has 4 rings (SSSR count). The van der Waals surface area contributed by atoms with E-state index in [4.69, 9.17) is 14.0 Å². The lowest BCUT2D eigenvalue weighted by molar-refractivity contribution is -0.115. The number of carbonyl (C=O) groups is 1. The maximum absolute atomic E-state index is 12.6. The summed E-state index contributed by atoms with van der Waals surface area (Å²) in [5.41, 5.74) is 2.84. The van der Waals surface area contributed by atoms with Crippen LogP contribution >= 0.6 is 0 Å². The van der Waals surface area contributed by atoms with Crippen molar-refractivity contribution in [1.82, 2.24) is 10.1 Å². The third kappa shape index (κ3) is 4.56. The molecule has 7 nitrogen and oxygen atoms in total. The first kappa shape index (κ1) is 20.2. The van der Waals surface area contributed by atoms with Crippen molar-refractivity contribution in [1.29, 1.82) is 0 Å². The number of nitrogens with zero attached hydrogens (tertiary/aromatic N) is 2. The Morgan fingerprint density at radius 3 is 2.35 bits per heavy atom. The largest absolute Gasteiger partial charge is 0.497 e. The molecule has 0 saturated heterocycles. The molecule has 4 aromatic rings. The van der Waals surface area contributed by atoms with Crippen molar-refractivity contribution in [2.75, 3.05) is 19.5 Å². The van der Waals surface area contributed by atoms with Gasteiger partial charge in [0.05, 0.1) is 37.5 Å². The average molecular weight is 415 g/mol. The zero-order valence-electron chi connectivity index (χ0n) is 17.2. The first-order valence-electron chi connectivity index (χ1n) is 9.67. The molecule has 0 radical (unpaired) electrons. The predicted molar refractivity (Wildman–Crippen MR) is 117 cm³/mol. The van der Waals surface area contributed by atoms with Gasteiger partial charge >= 0.3 is 0 Å². The number of methoxy groups -OCH3 is 2. The van der Waals surface area contributed by atoms with Crippen molar-refractivity contribution in [2.45, 2.75) is 6.42 Å². The van der Waals surface area contributed by atoms with Crippen molar-refractivity contribution >= 4 is 11.6 Å². The van der Waals surface area contributed by atoms with Crippen LogP contribution in [0.15, 0.2) is 77.3 Å². The highest BCUT2D eigenvalue weighted by Crippen LogP contribution is 2.31. The van der Waals surface area contributed by atoms with Crippen LogP contribution in [-0.2, 0) is 11.2 Å². The summed E-state index contributed by atoms with van der Waals surface area (Å²) in [4.78, 5) is 17.1. The fraction of sp³-hybridized carbons (Fsp3) is 0.125. The summed E-state index contributed by atoms with van der Waals surface area (Å²) in [5.74, 6) is 1.96. The molecule has 0 aliphatic carbocycles. The highest BCUT2D eigenvalue weighted by atomic mass is 16.5. The van der Waals surface area contributed by atoms with Gasteiger partial charge in [-0.1, -0.05) is 41.6 Å². The predicted octanol–water partition coefficient (Wildman–Crippen LogP) is 4.60. The smallest absolute Gasteiger partial charge is 0.260 e. The Labute approximate surface area is 179 Å². The van der Waals surface area contributed by atoms with E-state index in [1.54, 1.807) is 20.3 Å². The highest BCUT2D eigenvalue weighted by molar-refractivity contribution is 5.95. The van der Waals surface area contributed by atoms with Crippen molar-refractivity contribution in [2.24, 2.45) is 0 Å². The number of hydrogen-bond acceptors (Lipinski definition) is 6. The molecule has 7 heteroatoms. The second-order valence-electron chi connectivity index (χ2n) is 6.74. The van der Waals surface area contributed by atoms with Gasteiger partial charge in [0.1, 0.15) is 11.5 Å². The fourth-order valence-corrected chi connectivity index (χ4v) is 3.17. The maximum atomic E-state index is 12.6. The number of carbonyl (C=O) groups excluding carboxylic acids is 1. The zero-order chi connectivity index (χ0) is 21.6. The second kappa shape index (κ2) is 9.13. The second-order valence-corrected chi connectivity index (χ2v) is 6.74. The summed E-state index contributed by atoms with van der Waals surface area (Å²) in [5, 5.41) is 7.02. The van der Waals surface area contributed by atoms with Crippen molar-refractivity contribution in [3.8, 4) is 34.3 Å². The van der Waals surface area contributed by atoms with E-state index >= 15 is 0 Å². The van der Waals surface area contributed by atoms with Crippen LogP contribution in [0.1, 0.15) is 5.56 Å². The van der Waals surface area contributed by atoms with E-state index in [1.165, 1.54) is 0 Å². The zero-order valence-corrected chi connectivity index (χ0v) is 17.2. The number of para-hydroxylation sites is 2. The molecule has 0 unspecified atom stereocenters. The lowest BCUT2D eigenvalue weighted by atomic mass is 10.1. The van der Waals surface area contributed by atoms with Gasteiger partial charge in [-0.05, 0) is 42.0 Å². The first-order valence-corrected chi connectivity index (χ1v) is 9.67. The van der Waals surface area contributed by atoms with E-state index < -0.39 is 0 Å². The molecule has 0 spiro atoms. The first-order chi connectivity index (χ1) is 15.2. The van der Waals surface area contributed by atoms with E-state index in [0.717, 1.165) is 16.9 Å². The van der Waals surface area contributed by atoms with E-state index in [0.29, 0.717) is 28.7 Å². The molecule has 0 atom stereocenters. The fourth-order valence-electron chi connectivity index (χ4n) is 3.17. The molecule has 3 aromatic carbocycles. The van der Waals surface area contributed by atoms with Gasteiger partial charge in [0.2, 0.25) is 11.7 Å². The number of hydrogen-bond donors (Lipinski definition) is 1. The maximum Gasteiger partial charge on any atom is 0.260 e. The summed E-state index contributed by atoms with van der Waals surface area (Å²) in [6.07, 6.45) is 0.231. The molecular formula is C24H21N3O4. The monoisotopic (exact) mass is 415 g/mol. The molecule has 0 saturated carbocycles. The minimum absolute atomic E-state index is 0.151. The highest BCUT2D eigenvalue weighted by Gasteiger charge is 2.17. The topological polar surface area (TPSA) is 86.5 Å². The van der Waals surface area contributed by atoms with Gasteiger partial charge < -0.3 is 19.3 Å². The number of aromatic nitrogens is 2. The lowest BCUT2D eigenvalue weighted by Gasteiger charge is -2.09. The number of amides is 1. The lowest BCUT2D eigenvalue weighted by Crippen LogP contribution is -2.15. The van der Waals surface area contributed by atoms with Crippen LogP contribution in [0.5, 0.6) is 11.5 Å². The van der Waals surface area contributed by atoms with Gasteiger partial charge in [0.15, 0.2) is 0 Å². The van der Waals surface area contributed by atoms with Crippen LogP contribution in [0.25, 0.3) is 22.8 Å². The third-order valence-corrected chi connectivity index (χ3v) is 4.73. The number of rotatable bonds is 7. The quantitative estimate of drug-likeness (QED) is 0.475. The molecule has 0 aliphatic rings.